The van der Waals surface area contributed by atoms with E-state index in [1.807, 2.05) is 6.07 Å². The van der Waals surface area contributed by atoms with Gasteiger partial charge in [-0.05, 0) is 24.3 Å². The number of benzene rings is 2. The molecule has 2 aromatic carbocycles. The smallest absolute Gasteiger partial charge is 0.243 e. The van der Waals surface area contributed by atoms with E-state index in [1.165, 1.54) is 11.4 Å². The molecule has 0 spiro atoms. The third-order valence-electron chi connectivity index (χ3n) is 6.07. The van der Waals surface area contributed by atoms with Crippen LogP contribution in [0.3, 0.4) is 0 Å². The van der Waals surface area contributed by atoms with Crippen LogP contribution in [-0.4, -0.2) is 59.9 Å². The minimum Gasteiger partial charge on any atom is -0.496 e. The first-order valence-corrected chi connectivity index (χ1v) is 11.1. The van der Waals surface area contributed by atoms with E-state index in [-0.39, 0.29) is 16.2 Å². The molecular weight excluding hydrogens is 404 g/mol. The normalized spacial score (nSPS) is 23.8. The number of methoxy groups -OCH3 is 2. The van der Waals surface area contributed by atoms with Crippen LogP contribution in [0.25, 0.3) is 11.1 Å². The predicted molar refractivity (Wildman–Crippen MR) is 111 cm³/mol. The van der Waals surface area contributed by atoms with Crippen molar-refractivity contribution in [3.8, 4) is 22.9 Å². The summed E-state index contributed by atoms with van der Waals surface area (Å²) in [6.07, 6.45) is 0. The lowest BCUT2D eigenvalue weighted by Crippen LogP contribution is -2.37. The fourth-order valence-corrected chi connectivity index (χ4v) is 6.09. The molecule has 8 heteroatoms. The maximum atomic E-state index is 13.5. The molecule has 0 N–H and O–H groups in total. The Morgan fingerprint density at radius 1 is 1.23 bits per heavy atom. The average molecular weight is 429 g/mol. The summed E-state index contributed by atoms with van der Waals surface area (Å²) in [5.74, 6) is 0.628. The van der Waals surface area contributed by atoms with Gasteiger partial charge in [-0.3, -0.25) is 0 Å². The van der Waals surface area contributed by atoms with E-state index in [0.29, 0.717) is 55.4 Å². The zero-order valence-corrected chi connectivity index (χ0v) is 17.8. The molecule has 2 aromatic rings. The Hall–Kier alpha value is -2.44. The van der Waals surface area contributed by atoms with Crippen LogP contribution < -0.4 is 4.74 Å². The van der Waals surface area contributed by atoms with Gasteiger partial charge in [0.15, 0.2) is 0 Å². The van der Waals surface area contributed by atoms with E-state index in [2.05, 4.69) is 6.07 Å². The van der Waals surface area contributed by atoms with E-state index < -0.39 is 10.0 Å². The number of ether oxygens (including phenoxy) is 3. The number of sulfonamides is 1. The molecule has 7 nitrogen and oxygen atoms in total. The van der Waals surface area contributed by atoms with Crippen molar-refractivity contribution in [1.29, 1.82) is 5.26 Å². The molecule has 2 aliphatic heterocycles. The minimum atomic E-state index is -3.73. The number of hydrogen-bond donors (Lipinski definition) is 0. The van der Waals surface area contributed by atoms with Gasteiger partial charge >= 0.3 is 0 Å². The lowest BCUT2D eigenvalue weighted by atomic mass is 9.82. The van der Waals surface area contributed by atoms with Crippen molar-refractivity contribution >= 4 is 10.0 Å². The Kier molecular flexibility index (Phi) is 5.55. The fraction of sp³-hybridized carbons (Fsp3) is 0.409. The molecule has 2 heterocycles. The Balaban J connectivity index is 1.73. The van der Waals surface area contributed by atoms with E-state index in [0.717, 1.165) is 0 Å². The van der Waals surface area contributed by atoms with Crippen molar-refractivity contribution < 1.29 is 22.6 Å². The first-order valence-electron chi connectivity index (χ1n) is 9.69. The molecule has 158 valence electrons. The molecule has 0 aromatic heterocycles. The van der Waals surface area contributed by atoms with Crippen LogP contribution in [0.2, 0.25) is 0 Å². The molecule has 2 saturated heterocycles. The molecule has 0 saturated carbocycles. The summed E-state index contributed by atoms with van der Waals surface area (Å²) < 4.78 is 45.0. The van der Waals surface area contributed by atoms with Gasteiger partial charge in [0.25, 0.3) is 0 Å². The van der Waals surface area contributed by atoms with Crippen LogP contribution in [-0.2, 0) is 19.5 Å². The monoisotopic (exact) mass is 428 g/mol. The molecule has 2 fully saturated rings. The summed E-state index contributed by atoms with van der Waals surface area (Å²) in [6.45, 7) is 2.28. The van der Waals surface area contributed by atoms with Crippen LogP contribution in [0, 0.1) is 22.7 Å². The van der Waals surface area contributed by atoms with Gasteiger partial charge in [-0.1, -0.05) is 18.2 Å². The topological polar surface area (TPSA) is 88.9 Å². The molecule has 0 bridgehead atoms. The molecule has 2 atom stereocenters. The lowest BCUT2D eigenvalue weighted by Gasteiger charge is -2.26. The van der Waals surface area contributed by atoms with Crippen molar-refractivity contribution in [2.75, 3.05) is 47.1 Å². The van der Waals surface area contributed by atoms with Crippen LogP contribution in [0.1, 0.15) is 5.56 Å². The largest absolute Gasteiger partial charge is 0.496 e. The van der Waals surface area contributed by atoms with Gasteiger partial charge < -0.3 is 14.2 Å². The minimum absolute atomic E-state index is 0.115. The highest BCUT2D eigenvalue weighted by Crippen LogP contribution is 2.44. The molecular formula is C22H24N2O5S. The van der Waals surface area contributed by atoms with Gasteiger partial charge in [-0.15, -0.1) is 0 Å². The maximum absolute atomic E-state index is 13.5. The fourth-order valence-electron chi connectivity index (χ4n) is 4.48. The Bertz CT molecular complexity index is 1090. The highest BCUT2D eigenvalue weighted by Gasteiger charge is 2.53. The Labute approximate surface area is 176 Å². The Morgan fingerprint density at radius 2 is 2.03 bits per heavy atom. The van der Waals surface area contributed by atoms with Crippen molar-refractivity contribution in [2.45, 2.75) is 4.90 Å². The first kappa shape index (κ1) is 20.8. The van der Waals surface area contributed by atoms with Gasteiger partial charge in [-0.2, -0.15) is 9.57 Å². The predicted octanol–water partition coefficient (Wildman–Crippen LogP) is 2.52. The third-order valence-corrected chi connectivity index (χ3v) is 7.88. The molecule has 0 aliphatic carbocycles. The van der Waals surface area contributed by atoms with Crippen molar-refractivity contribution in [1.82, 2.24) is 4.31 Å². The molecule has 2 aliphatic rings. The van der Waals surface area contributed by atoms with Gasteiger partial charge in [0.1, 0.15) is 5.75 Å². The quantitative estimate of drug-likeness (QED) is 0.702. The molecule has 0 amide bonds. The zero-order valence-electron chi connectivity index (χ0n) is 17.0. The average Bonchev–Trinajstić information content (AvgIpc) is 3.31. The van der Waals surface area contributed by atoms with Crippen LogP contribution in [0.4, 0.5) is 0 Å². The third kappa shape index (κ3) is 3.38. The lowest BCUT2D eigenvalue weighted by molar-refractivity contribution is 0.0601. The number of fused-ring (bicyclic) bond motifs is 1. The van der Waals surface area contributed by atoms with Crippen LogP contribution in [0.15, 0.2) is 47.4 Å². The number of nitriles is 1. The zero-order chi connectivity index (χ0) is 21.4. The summed E-state index contributed by atoms with van der Waals surface area (Å²) in [5.41, 5.74) is 1.36. The van der Waals surface area contributed by atoms with Crippen LogP contribution >= 0.6 is 0 Å². The van der Waals surface area contributed by atoms with Crippen molar-refractivity contribution in [3.05, 3.63) is 48.0 Å². The number of hydrogen-bond acceptors (Lipinski definition) is 6. The summed E-state index contributed by atoms with van der Waals surface area (Å²) in [7, 11) is -0.574. The summed E-state index contributed by atoms with van der Waals surface area (Å²) in [4.78, 5) is 0.180. The number of nitrogens with zero attached hydrogens (tertiary/aromatic N) is 2. The van der Waals surface area contributed by atoms with Crippen molar-refractivity contribution in [3.63, 3.8) is 0 Å². The Morgan fingerprint density at radius 3 is 2.77 bits per heavy atom. The highest BCUT2D eigenvalue weighted by atomic mass is 32.2. The number of rotatable bonds is 6. The van der Waals surface area contributed by atoms with Gasteiger partial charge in [0.05, 0.1) is 43.5 Å². The van der Waals surface area contributed by atoms with E-state index in [1.54, 1.807) is 43.5 Å². The van der Waals surface area contributed by atoms with E-state index in [4.69, 9.17) is 14.2 Å². The second kappa shape index (κ2) is 8.00. The molecule has 0 radical (unpaired) electrons. The van der Waals surface area contributed by atoms with E-state index >= 15 is 0 Å². The summed E-state index contributed by atoms with van der Waals surface area (Å²) in [6, 6.07) is 14.0. The highest BCUT2D eigenvalue weighted by molar-refractivity contribution is 7.89. The second-order valence-electron chi connectivity index (χ2n) is 7.82. The van der Waals surface area contributed by atoms with Gasteiger partial charge in [-0.25, -0.2) is 8.42 Å². The SMILES string of the molecule is COC[C@@]12COC[C@@H]1CN(S(=O)(=O)c1ccc(OC)c(-c3ccccc3C#N)c1)C2. The van der Waals surface area contributed by atoms with Gasteiger partial charge in [0.2, 0.25) is 10.0 Å². The van der Waals surface area contributed by atoms with Gasteiger partial charge in [0, 0.05) is 42.7 Å². The first-order chi connectivity index (χ1) is 14.4. The van der Waals surface area contributed by atoms with Crippen LogP contribution in [0.5, 0.6) is 5.75 Å². The standard InChI is InChI=1S/C22H24N2O5S/c1-27-14-22-13-24(11-17(22)12-29-15-22)30(25,26)18-7-8-21(28-2)20(9-18)19-6-4-3-5-16(19)10-23/h3-9,17H,11-15H2,1-2H3/t17-,22-/m0/s1. The maximum Gasteiger partial charge on any atom is 0.243 e. The van der Waals surface area contributed by atoms with E-state index in [9.17, 15) is 13.7 Å². The van der Waals surface area contributed by atoms with Crippen molar-refractivity contribution in [2.24, 2.45) is 11.3 Å². The molecule has 30 heavy (non-hydrogen) atoms. The summed E-state index contributed by atoms with van der Waals surface area (Å²) in [5, 5.41) is 9.48. The molecule has 4 rings (SSSR count). The molecule has 0 unspecified atom stereocenters. The second-order valence-corrected chi connectivity index (χ2v) is 9.76. The summed E-state index contributed by atoms with van der Waals surface area (Å²) >= 11 is 0.